The Kier molecular flexibility index (Phi) is 6.40. The van der Waals surface area contributed by atoms with Crippen molar-refractivity contribution < 1.29 is 4.79 Å². The Hall–Kier alpha value is -1.51. The van der Waals surface area contributed by atoms with Crippen LogP contribution in [0.25, 0.3) is 0 Å². The molecule has 0 aliphatic carbocycles. The highest BCUT2D eigenvalue weighted by atomic mass is 16.1. The number of para-hydroxylation sites is 1. The number of hydrogen-bond donors (Lipinski definition) is 2. The smallest absolute Gasteiger partial charge is 0.220 e. The third-order valence-electron chi connectivity index (χ3n) is 3.04. The number of hydrogen-bond acceptors (Lipinski definition) is 2. The Morgan fingerprint density at radius 3 is 2.26 bits per heavy atom. The molecule has 1 aromatic carbocycles. The molecular weight excluding hydrogens is 236 g/mol. The van der Waals surface area contributed by atoms with Crippen molar-refractivity contribution in [2.75, 3.05) is 11.9 Å². The normalized spacial score (nSPS) is 12.5. The van der Waals surface area contributed by atoms with Crippen LogP contribution in [0.5, 0.6) is 0 Å². The van der Waals surface area contributed by atoms with Crippen molar-refractivity contribution in [3.05, 3.63) is 30.3 Å². The lowest BCUT2D eigenvalue weighted by Crippen LogP contribution is -2.39. The van der Waals surface area contributed by atoms with Gasteiger partial charge in [0.1, 0.15) is 0 Å². The minimum absolute atomic E-state index is 0.135. The molecule has 3 nitrogen and oxygen atoms in total. The van der Waals surface area contributed by atoms with E-state index < -0.39 is 0 Å². The number of carbonyl (C=O) groups is 1. The van der Waals surface area contributed by atoms with Crippen LogP contribution in [0.1, 0.15) is 34.1 Å². The van der Waals surface area contributed by atoms with Crippen molar-refractivity contribution >= 4 is 11.6 Å². The largest absolute Gasteiger partial charge is 0.380 e. The monoisotopic (exact) mass is 262 g/mol. The zero-order valence-electron chi connectivity index (χ0n) is 12.4. The number of anilines is 1. The van der Waals surface area contributed by atoms with E-state index in [0.29, 0.717) is 24.8 Å². The number of rotatable bonds is 7. The van der Waals surface area contributed by atoms with Gasteiger partial charge < -0.3 is 10.6 Å². The van der Waals surface area contributed by atoms with Gasteiger partial charge in [-0.3, -0.25) is 4.79 Å². The summed E-state index contributed by atoms with van der Waals surface area (Å²) in [5, 5.41) is 6.49. The van der Waals surface area contributed by atoms with Gasteiger partial charge in [0, 0.05) is 24.7 Å². The fourth-order valence-corrected chi connectivity index (χ4v) is 1.87. The highest BCUT2D eigenvalue weighted by Crippen LogP contribution is 2.12. The maximum Gasteiger partial charge on any atom is 0.220 e. The Morgan fingerprint density at radius 2 is 1.74 bits per heavy atom. The molecule has 0 heterocycles. The van der Waals surface area contributed by atoms with E-state index in [1.165, 1.54) is 0 Å². The summed E-state index contributed by atoms with van der Waals surface area (Å²) >= 11 is 0. The van der Waals surface area contributed by atoms with E-state index in [2.05, 4.69) is 38.3 Å². The van der Waals surface area contributed by atoms with Crippen LogP contribution >= 0.6 is 0 Å². The summed E-state index contributed by atoms with van der Waals surface area (Å²) in [6, 6.07) is 10.4. The molecule has 0 aromatic heterocycles. The molecule has 0 radical (unpaired) electrons. The van der Waals surface area contributed by atoms with Gasteiger partial charge in [0.2, 0.25) is 5.91 Å². The van der Waals surface area contributed by atoms with Crippen molar-refractivity contribution in [1.82, 2.24) is 5.32 Å². The first-order valence-corrected chi connectivity index (χ1v) is 7.07. The predicted molar refractivity (Wildman–Crippen MR) is 81.2 cm³/mol. The van der Waals surface area contributed by atoms with Gasteiger partial charge in [0.05, 0.1) is 0 Å². The van der Waals surface area contributed by atoms with Gasteiger partial charge in [0.25, 0.3) is 0 Å². The summed E-state index contributed by atoms with van der Waals surface area (Å²) in [7, 11) is 0. The highest BCUT2D eigenvalue weighted by molar-refractivity contribution is 5.76. The van der Waals surface area contributed by atoms with Crippen molar-refractivity contribution in [1.29, 1.82) is 0 Å². The third kappa shape index (κ3) is 6.27. The SMILES string of the molecule is CC(C)CC(=O)NCC(Nc1ccccc1)C(C)C. The predicted octanol–water partition coefficient (Wildman–Crippen LogP) is 3.29. The van der Waals surface area contributed by atoms with Gasteiger partial charge in [-0.05, 0) is 24.0 Å². The lowest BCUT2D eigenvalue weighted by molar-refractivity contribution is -0.121. The summed E-state index contributed by atoms with van der Waals surface area (Å²) in [5.74, 6) is 0.995. The minimum atomic E-state index is 0.135. The molecule has 1 unspecified atom stereocenters. The molecular formula is C16H26N2O. The molecule has 1 rings (SSSR count). The van der Waals surface area contributed by atoms with Crippen LogP contribution in [0, 0.1) is 11.8 Å². The van der Waals surface area contributed by atoms with Gasteiger partial charge >= 0.3 is 0 Å². The molecule has 0 aliphatic heterocycles. The van der Waals surface area contributed by atoms with Crippen LogP contribution < -0.4 is 10.6 Å². The van der Waals surface area contributed by atoms with Gasteiger partial charge in [-0.15, -0.1) is 0 Å². The van der Waals surface area contributed by atoms with E-state index in [1.807, 2.05) is 30.3 Å². The first kappa shape index (κ1) is 15.5. The van der Waals surface area contributed by atoms with Crippen LogP contribution in [0.4, 0.5) is 5.69 Å². The Balaban J connectivity index is 2.47. The molecule has 0 saturated heterocycles. The Bertz CT molecular complexity index is 374. The van der Waals surface area contributed by atoms with Crippen LogP contribution in [0.3, 0.4) is 0 Å². The highest BCUT2D eigenvalue weighted by Gasteiger charge is 2.14. The van der Waals surface area contributed by atoms with E-state index in [0.717, 1.165) is 5.69 Å². The standard InChI is InChI=1S/C16H26N2O/c1-12(2)10-16(19)17-11-15(13(3)4)18-14-8-6-5-7-9-14/h5-9,12-13,15,18H,10-11H2,1-4H3,(H,17,19). The Morgan fingerprint density at radius 1 is 1.11 bits per heavy atom. The second-order valence-electron chi connectivity index (χ2n) is 5.76. The minimum Gasteiger partial charge on any atom is -0.380 e. The summed E-state index contributed by atoms with van der Waals surface area (Å²) in [6.07, 6.45) is 0.593. The second-order valence-corrected chi connectivity index (χ2v) is 5.76. The van der Waals surface area contributed by atoms with Gasteiger partial charge in [-0.25, -0.2) is 0 Å². The van der Waals surface area contributed by atoms with E-state index in [-0.39, 0.29) is 11.9 Å². The fraction of sp³-hybridized carbons (Fsp3) is 0.562. The molecule has 1 amide bonds. The van der Waals surface area contributed by atoms with E-state index in [1.54, 1.807) is 0 Å². The van der Waals surface area contributed by atoms with Crippen molar-refractivity contribution in [3.63, 3.8) is 0 Å². The zero-order chi connectivity index (χ0) is 14.3. The Labute approximate surface area is 116 Å². The topological polar surface area (TPSA) is 41.1 Å². The van der Waals surface area contributed by atoms with Crippen LogP contribution in [-0.2, 0) is 4.79 Å². The van der Waals surface area contributed by atoms with Crippen LogP contribution in [0.15, 0.2) is 30.3 Å². The average molecular weight is 262 g/mol. The summed E-state index contributed by atoms with van der Waals surface area (Å²) in [6.45, 7) is 9.10. The molecule has 0 fully saturated rings. The summed E-state index contributed by atoms with van der Waals surface area (Å²) in [5.41, 5.74) is 1.10. The molecule has 0 aliphatic rings. The number of carbonyl (C=O) groups excluding carboxylic acids is 1. The molecule has 0 spiro atoms. The van der Waals surface area contributed by atoms with Gasteiger partial charge in [0.15, 0.2) is 0 Å². The number of amides is 1. The van der Waals surface area contributed by atoms with Crippen molar-refractivity contribution in [2.24, 2.45) is 11.8 Å². The van der Waals surface area contributed by atoms with E-state index in [4.69, 9.17) is 0 Å². The molecule has 1 atom stereocenters. The molecule has 3 heteroatoms. The molecule has 2 N–H and O–H groups in total. The molecule has 106 valence electrons. The zero-order valence-corrected chi connectivity index (χ0v) is 12.4. The third-order valence-corrected chi connectivity index (χ3v) is 3.04. The lowest BCUT2D eigenvalue weighted by atomic mass is 10.0. The van der Waals surface area contributed by atoms with Gasteiger partial charge in [-0.2, -0.15) is 0 Å². The molecule has 0 bridgehead atoms. The fourth-order valence-electron chi connectivity index (χ4n) is 1.87. The molecule has 1 aromatic rings. The van der Waals surface area contributed by atoms with Crippen LogP contribution in [-0.4, -0.2) is 18.5 Å². The molecule has 0 saturated carbocycles. The summed E-state index contributed by atoms with van der Waals surface area (Å²) < 4.78 is 0. The van der Waals surface area contributed by atoms with E-state index in [9.17, 15) is 4.79 Å². The lowest BCUT2D eigenvalue weighted by Gasteiger charge is -2.24. The van der Waals surface area contributed by atoms with Crippen molar-refractivity contribution in [2.45, 2.75) is 40.2 Å². The second kappa shape index (κ2) is 7.82. The molecule has 19 heavy (non-hydrogen) atoms. The first-order valence-electron chi connectivity index (χ1n) is 7.07. The quantitative estimate of drug-likeness (QED) is 0.791. The maximum absolute atomic E-state index is 11.7. The number of benzene rings is 1. The maximum atomic E-state index is 11.7. The van der Waals surface area contributed by atoms with Crippen LogP contribution in [0.2, 0.25) is 0 Å². The first-order chi connectivity index (χ1) is 8.99. The average Bonchev–Trinajstić information content (AvgIpc) is 2.34. The van der Waals surface area contributed by atoms with Crippen molar-refractivity contribution in [3.8, 4) is 0 Å². The van der Waals surface area contributed by atoms with E-state index >= 15 is 0 Å². The van der Waals surface area contributed by atoms with Gasteiger partial charge in [-0.1, -0.05) is 45.9 Å². The number of nitrogens with one attached hydrogen (secondary N) is 2. The summed E-state index contributed by atoms with van der Waals surface area (Å²) in [4.78, 5) is 11.7.